The van der Waals surface area contributed by atoms with E-state index in [1.807, 2.05) is 18.2 Å². The minimum absolute atomic E-state index is 0.193. The van der Waals surface area contributed by atoms with Gasteiger partial charge in [-0.2, -0.15) is 0 Å². The van der Waals surface area contributed by atoms with E-state index in [9.17, 15) is 0 Å². The van der Waals surface area contributed by atoms with Crippen molar-refractivity contribution >= 4 is 27.6 Å². The number of hydrazine groups is 1. The molecular weight excluding hydrogens is 306 g/mol. The first-order valence-corrected chi connectivity index (χ1v) is 6.84. The Hall–Kier alpha value is -1.66. The predicted molar refractivity (Wildman–Crippen MR) is 80.6 cm³/mol. The van der Waals surface area contributed by atoms with Crippen LogP contribution in [0.4, 0.5) is 11.6 Å². The molecule has 1 atom stereocenters. The van der Waals surface area contributed by atoms with Gasteiger partial charge >= 0.3 is 0 Å². The number of hydrogen-bond acceptors (Lipinski definition) is 5. The summed E-state index contributed by atoms with van der Waals surface area (Å²) in [6.45, 7) is 2.13. The first-order chi connectivity index (χ1) is 9.26. The largest absolute Gasteiger partial charge is 0.362 e. The van der Waals surface area contributed by atoms with Crippen LogP contribution in [0.2, 0.25) is 0 Å². The highest BCUT2D eigenvalue weighted by Crippen LogP contribution is 2.29. The fraction of sp³-hybridized carbons (Fsp3) is 0.231. The zero-order valence-electron chi connectivity index (χ0n) is 10.6. The van der Waals surface area contributed by atoms with Crippen molar-refractivity contribution in [3.63, 3.8) is 0 Å². The summed E-state index contributed by atoms with van der Waals surface area (Å²) >= 11 is 3.44. The topological polar surface area (TPSA) is 75.9 Å². The molecule has 0 saturated carbocycles. The third-order valence-corrected chi connectivity index (χ3v) is 3.60. The maximum absolute atomic E-state index is 5.40. The molecule has 1 unspecified atom stereocenters. The van der Waals surface area contributed by atoms with Gasteiger partial charge in [0.1, 0.15) is 16.6 Å². The molecule has 2 aromatic rings. The Morgan fingerprint density at radius 2 is 1.89 bits per heavy atom. The van der Waals surface area contributed by atoms with Crippen LogP contribution in [0.5, 0.6) is 0 Å². The van der Waals surface area contributed by atoms with Gasteiger partial charge in [-0.05, 0) is 27.9 Å². The van der Waals surface area contributed by atoms with E-state index in [4.69, 9.17) is 5.84 Å². The molecule has 0 aliphatic heterocycles. The van der Waals surface area contributed by atoms with E-state index in [0.717, 1.165) is 16.7 Å². The Morgan fingerprint density at radius 3 is 2.53 bits per heavy atom. The Kier molecular flexibility index (Phi) is 4.70. The highest BCUT2D eigenvalue weighted by Gasteiger charge is 2.13. The molecule has 1 aromatic heterocycles. The number of nitrogens with zero attached hydrogens (tertiary/aromatic N) is 2. The average Bonchev–Trinajstić information content (AvgIpc) is 2.47. The van der Waals surface area contributed by atoms with Gasteiger partial charge in [0.25, 0.3) is 0 Å². The van der Waals surface area contributed by atoms with Crippen LogP contribution < -0.4 is 16.6 Å². The number of benzene rings is 1. The lowest BCUT2D eigenvalue weighted by Gasteiger charge is -2.19. The second-order valence-corrected chi connectivity index (χ2v) is 4.84. The summed E-state index contributed by atoms with van der Waals surface area (Å²) in [6.07, 6.45) is 2.42. The minimum atomic E-state index is 0.193. The van der Waals surface area contributed by atoms with Crippen LogP contribution in [0, 0.1) is 0 Å². The zero-order valence-corrected chi connectivity index (χ0v) is 12.2. The Labute approximate surface area is 120 Å². The standard InChI is InChI=1S/C13H16BrN5/c1-2-10(9-6-4-3-5-7-9)18-12-11(14)13(19-15)17-8-16-12/h3-8,10H,2,15H2,1H3,(H2,16,17,18,19). The molecule has 1 heterocycles. The molecule has 0 saturated heterocycles. The summed E-state index contributed by atoms with van der Waals surface area (Å²) in [5.74, 6) is 6.67. The molecule has 2 rings (SSSR count). The molecular formula is C13H16BrN5. The fourth-order valence-electron chi connectivity index (χ4n) is 1.84. The summed E-state index contributed by atoms with van der Waals surface area (Å²) in [6, 6.07) is 10.4. The second kappa shape index (κ2) is 6.49. The molecule has 0 aliphatic carbocycles. The predicted octanol–water partition coefficient (Wildman–Crippen LogP) is 3.09. The molecule has 4 N–H and O–H groups in total. The molecule has 1 aromatic carbocycles. The van der Waals surface area contributed by atoms with Gasteiger partial charge in [0.2, 0.25) is 0 Å². The van der Waals surface area contributed by atoms with Crippen LogP contribution in [0.3, 0.4) is 0 Å². The van der Waals surface area contributed by atoms with Crippen LogP contribution in [0.15, 0.2) is 41.1 Å². The van der Waals surface area contributed by atoms with E-state index in [2.05, 4.69) is 55.7 Å². The van der Waals surface area contributed by atoms with Gasteiger partial charge in [-0.25, -0.2) is 15.8 Å². The Morgan fingerprint density at radius 1 is 1.21 bits per heavy atom. The molecule has 19 heavy (non-hydrogen) atoms. The average molecular weight is 322 g/mol. The summed E-state index contributed by atoms with van der Waals surface area (Å²) < 4.78 is 0.729. The van der Waals surface area contributed by atoms with Gasteiger partial charge in [0.15, 0.2) is 5.82 Å². The van der Waals surface area contributed by atoms with Gasteiger partial charge in [-0.1, -0.05) is 37.3 Å². The molecule has 100 valence electrons. The van der Waals surface area contributed by atoms with Crippen molar-refractivity contribution in [1.29, 1.82) is 0 Å². The van der Waals surface area contributed by atoms with E-state index in [1.54, 1.807) is 0 Å². The van der Waals surface area contributed by atoms with Crippen molar-refractivity contribution in [2.45, 2.75) is 19.4 Å². The molecule has 5 nitrogen and oxygen atoms in total. The van der Waals surface area contributed by atoms with Gasteiger partial charge in [0, 0.05) is 0 Å². The van der Waals surface area contributed by atoms with Crippen molar-refractivity contribution in [2.24, 2.45) is 5.84 Å². The summed E-state index contributed by atoms with van der Waals surface area (Å²) in [7, 11) is 0. The fourth-order valence-corrected chi connectivity index (χ4v) is 2.28. The van der Waals surface area contributed by atoms with Gasteiger partial charge < -0.3 is 10.7 Å². The Balaban J connectivity index is 2.24. The smallest absolute Gasteiger partial charge is 0.159 e. The number of nitrogen functional groups attached to an aromatic ring is 1. The maximum atomic E-state index is 5.40. The molecule has 0 bridgehead atoms. The molecule has 0 aliphatic rings. The Bertz CT molecular complexity index is 532. The number of nitrogens with one attached hydrogen (secondary N) is 2. The zero-order chi connectivity index (χ0) is 13.7. The van der Waals surface area contributed by atoms with Crippen molar-refractivity contribution in [2.75, 3.05) is 10.7 Å². The lowest BCUT2D eigenvalue weighted by Crippen LogP contribution is -2.14. The molecule has 0 fully saturated rings. The van der Waals surface area contributed by atoms with Gasteiger partial charge in [-0.3, -0.25) is 0 Å². The second-order valence-electron chi connectivity index (χ2n) is 4.05. The maximum Gasteiger partial charge on any atom is 0.159 e. The van der Waals surface area contributed by atoms with Gasteiger partial charge in [0.05, 0.1) is 6.04 Å². The van der Waals surface area contributed by atoms with Crippen molar-refractivity contribution in [3.05, 3.63) is 46.7 Å². The van der Waals surface area contributed by atoms with E-state index >= 15 is 0 Å². The van der Waals surface area contributed by atoms with E-state index < -0.39 is 0 Å². The lowest BCUT2D eigenvalue weighted by atomic mass is 10.0. The summed E-state index contributed by atoms with van der Waals surface area (Å²) in [5, 5.41) is 3.39. The van der Waals surface area contributed by atoms with Crippen LogP contribution in [-0.2, 0) is 0 Å². The number of anilines is 2. The number of nitrogens with two attached hydrogens (primary N) is 1. The van der Waals surface area contributed by atoms with Crippen molar-refractivity contribution in [3.8, 4) is 0 Å². The number of rotatable bonds is 5. The van der Waals surface area contributed by atoms with Crippen molar-refractivity contribution in [1.82, 2.24) is 9.97 Å². The first-order valence-electron chi connectivity index (χ1n) is 6.04. The third kappa shape index (κ3) is 3.21. The van der Waals surface area contributed by atoms with Gasteiger partial charge in [-0.15, -0.1) is 0 Å². The number of halogens is 1. The summed E-state index contributed by atoms with van der Waals surface area (Å²) in [5.41, 5.74) is 3.75. The highest BCUT2D eigenvalue weighted by atomic mass is 79.9. The number of hydrogen-bond donors (Lipinski definition) is 3. The normalized spacial score (nSPS) is 11.9. The van der Waals surface area contributed by atoms with Crippen LogP contribution in [0.25, 0.3) is 0 Å². The summed E-state index contributed by atoms with van der Waals surface area (Å²) in [4.78, 5) is 8.26. The highest BCUT2D eigenvalue weighted by molar-refractivity contribution is 9.10. The molecule has 0 amide bonds. The lowest BCUT2D eigenvalue weighted by molar-refractivity contribution is 0.743. The first kappa shape index (κ1) is 13.8. The van der Waals surface area contributed by atoms with E-state index in [-0.39, 0.29) is 6.04 Å². The van der Waals surface area contributed by atoms with Crippen molar-refractivity contribution < 1.29 is 0 Å². The third-order valence-electron chi connectivity index (χ3n) is 2.85. The minimum Gasteiger partial charge on any atom is -0.362 e. The van der Waals surface area contributed by atoms with Crippen LogP contribution in [0.1, 0.15) is 24.9 Å². The van der Waals surface area contributed by atoms with Crippen LogP contribution >= 0.6 is 15.9 Å². The van der Waals surface area contributed by atoms with E-state index in [0.29, 0.717) is 5.82 Å². The number of aromatic nitrogens is 2. The molecule has 0 spiro atoms. The monoisotopic (exact) mass is 321 g/mol. The molecule has 0 radical (unpaired) electrons. The van der Waals surface area contributed by atoms with Crippen LogP contribution in [-0.4, -0.2) is 9.97 Å². The quantitative estimate of drug-likeness (QED) is 0.582. The van der Waals surface area contributed by atoms with E-state index in [1.165, 1.54) is 11.9 Å². The SMILES string of the molecule is CCC(Nc1ncnc(NN)c1Br)c1ccccc1. The molecule has 6 heteroatoms.